The second kappa shape index (κ2) is 5.92. The Hall–Kier alpha value is -1.82. The Morgan fingerprint density at radius 3 is 2.94 bits per heavy atom. The van der Waals surface area contributed by atoms with Gasteiger partial charge in [0.15, 0.2) is 5.82 Å². The molecule has 3 nitrogen and oxygen atoms in total. The van der Waals surface area contributed by atoms with E-state index in [2.05, 4.69) is 16.8 Å². The molecule has 0 N–H and O–H groups in total. The molecule has 16 heavy (non-hydrogen) atoms. The number of halogens is 2. The first-order valence-electron chi connectivity index (χ1n) is 4.28. The molecule has 0 heterocycles. The van der Waals surface area contributed by atoms with Crippen LogP contribution in [-0.2, 0) is 4.79 Å². The van der Waals surface area contributed by atoms with Gasteiger partial charge in [0.25, 0.3) is 0 Å². The van der Waals surface area contributed by atoms with Crippen LogP contribution in [0.15, 0.2) is 17.1 Å². The molecule has 0 aliphatic carbocycles. The van der Waals surface area contributed by atoms with Gasteiger partial charge in [0.2, 0.25) is 6.08 Å². The second-order valence-corrected chi connectivity index (χ2v) is 3.06. The van der Waals surface area contributed by atoms with E-state index in [0.717, 1.165) is 6.07 Å². The Morgan fingerprint density at radius 2 is 2.31 bits per heavy atom. The normalized spacial score (nSPS) is 8.69. The molecule has 0 fully saturated rings. The van der Waals surface area contributed by atoms with E-state index in [1.54, 1.807) is 6.92 Å². The molecule has 0 saturated carbocycles. The van der Waals surface area contributed by atoms with Crippen molar-refractivity contribution < 1.29 is 13.9 Å². The first-order valence-corrected chi connectivity index (χ1v) is 4.66. The summed E-state index contributed by atoms with van der Waals surface area (Å²) in [4.78, 5) is 13.2. The minimum absolute atomic E-state index is 0.0975. The molecule has 0 spiro atoms. The van der Waals surface area contributed by atoms with Gasteiger partial charge in [-0.3, -0.25) is 0 Å². The first-order chi connectivity index (χ1) is 7.69. The highest BCUT2D eigenvalue weighted by molar-refractivity contribution is 6.32. The number of benzene rings is 1. The van der Waals surface area contributed by atoms with Crippen molar-refractivity contribution in [3.63, 3.8) is 0 Å². The highest BCUT2D eigenvalue weighted by Crippen LogP contribution is 2.31. The molecule has 82 valence electrons. The van der Waals surface area contributed by atoms with Gasteiger partial charge < -0.3 is 4.74 Å². The van der Waals surface area contributed by atoms with E-state index >= 15 is 0 Å². The molecule has 1 aromatic rings. The summed E-state index contributed by atoms with van der Waals surface area (Å²) in [7, 11) is 0. The van der Waals surface area contributed by atoms with Crippen LogP contribution in [0, 0.1) is 17.7 Å². The van der Waals surface area contributed by atoms with Gasteiger partial charge in [-0.1, -0.05) is 17.5 Å². The van der Waals surface area contributed by atoms with E-state index in [9.17, 15) is 9.18 Å². The number of ether oxygens (including phenoxy) is 1. The van der Waals surface area contributed by atoms with Crippen LogP contribution >= 0.6 is 11.6 Å². The average Bonchev–Trinajstić information content (AvgIpc) is 2.25. The zero-order valence-corrected chi connectivity index (χ0v) is 9.14. The number of carbonyl (C=O) groups excluding carboxylic acids is 1. The standard InChI is InChI=1S/C11H7ClFNO2/c1-2-3-4-16-11-6-10(14-7-15)9(13)5-8(11)12/h5-6H,4H2,1H3. The highest BCUT2D eigenvalue weighted by atomic mass is 35.5. The van der Waals surface area contributed by atoms with E-state index in [1.165, 1.54) is 12.1 Å². The predicted octanol–water partition coefficient (Wildman–Crippen LogP) is 2.85. The van der Waals surface area contributed by atoms with Crippen LogP contribution in [0.25, 0.3) is 0 Å². The van der Waals surface area contributed by atoms with E-state index in [0.29, 0.717) is 0 Å². The molecule has 0 amide bonds. The smallest absolute Gasteiger partial charge is 0.240 e. The van der Waals surface area contributed by atoms with Crippen LogP contribution in [0.2, 0.25) is 5.02 Å². The van der Waals surface area contributed by atoms with E-state index in [4.69, 9.17) is 16.3 Å². The van der Waals surface area contributed by atoms with Crippen LogP contribution < -0.4 is 4.74 Å². The lowest BCUT2D eigenvalue weighted by Crippen LogP contribution is -1.95. The molecule has 0 atom stereocenters. The molecule has 0 bridgehead atoms. The van der Waals surface area contributed by atoms with Crippen molar-refractivity contribution >= 4 is 23.4 Å². The van der Waals surface area contributed by atoms with Crippen LogP contribution in [-0.4, -0.2) is 12.7 Å². The quantitative estimate of drug-likeness (QED) is 0.462. The van der Waals surface area contributed by atoms with Crippen LogP contribution in [0.5, 0.6) is 5.75 Å². The number of hydrogen-bond donors (Lipinski definition) is 0. The molecule has 0 unspecified atom stereocenters. The van der Waals surface area contributed by atoms with Gasteiger partial charge in [-0.05, 0) is 13.0 Å². The van der Waals surface area contributed by atoms with Gasteiger partial charge >= 0.3 is 0 Å². The second-order valence-electron chi connectivity index (χ2n) is 2.65. The number of hydrogen-bond acceptors (Lipinski definition) is 3. The molecule has 0 aliphatic heterocycles. The van der Waals surface area contributed by atoms with E-state index < -0.39 is 5.82 Å². The number of isocyanates is 1. The summed E-state index contributed by atoms with van der Waals surface area (Å²) in [6.45, 7) is 1.80. The molecule has 0 radical (unpaired) electrons. The fraction of sp³-hybridized carbons (Fsp3) is 0.182. The van der Waals surface area contributed by atoms with Crippen molar-refractivity contribution in [1.29, 1.82) is 0 Å². The van der Waals surface area contributed by atoms with Gasteiger partial charge in [-0.15, -0.1) is 5.92 Å². The summed E-state index contributed by atoms with van der Waals surface area (Å²) < 4.78 is 18.3. The van der Waals surface area contributed by atoms with Crippen LogP contribution in [0.4, 0.5) is 10.1 Å². The van der Waals surface area contributed by atoms with Gasteiger partial charge in [-0.2, -0.15) is 4.99 Å². The molecule has 0 saturated heterocycles. The lowest BCUT2D eigenvalue weighted by Gasteiger charge is -2.05. The lowest BCUT2D eigenvalue weighted by atomic mass is 10.3. The summed E-state index contributed by atoms with van der Waals surface area (Å²) in [5.74, 6) is 4.80. The zero-order valence-electron chi connectivity index (χ0n) is 8.38. The van der Waals surface area contributed by atoms with Crippen molar-refractivity contribution in [2.45, 2.75) is 6.92 Å². The van der Waals surface area contributed by atoms with Gasteiger partial charge in [0.1, 0.15) is 18.0 Å². The maximum absolute atomic E-state index is 13.2. The van der Waals surface area contributed by atoms with Crippen molar-refractivity contribution in [3.8, 4) is 17.6 Å². The number of rotatable bonds is 3. The van der Waals surface area contributed by atoms with Crippen molar-refractivity contribution in [1.82, 2.24) is 0 Å². The molecule has 0 aliphatic rings. The van der Waals surface area contributed by atoms with E-state index in [-0.39, 0.29) is 23.1 Å². The van der Waals surface area contributed by atoms with Gasteiger partial charge in [0, 0.05) is 6.07 Å². The monoisotopic (exact) mass is 239 g/mol. The topological polar surface area (TPSA) is 38.7 Å². The van der Waals surface area contributed by atoms with Gasteiger partial charge in [-0.25, -0.2) is 9.18 Å². The number of nitrogens with zero attached hydrogens (tertiary/aromatic N) is 1. The fourth-order valence-electron chi connectivity index (χ4n) is 0.950. The van der Waals surface area contributed by atoms with Gasteiger partial charge in [0.05, 0.1) is 5.02 Å². The molecule has 5 heteroatoms. The van der Waals surface area contributed by atoms with E-state index in [1.807, 2.05) is 0 Å². The fourth-order valence-corrected chi connectivity index (χ4v) is 1.15. The largest absolute Gasteiger partial charge is 0.479 e. The molecular formula is C11H7ClFNO2. The molecular weight excluding hydrogens is 233 g/mol. The van der Waals surface area contributed by atoms with Crippen molar-refractivity contribution in [2.24, 2.45) is 4.99 Å². The Balaban J connectivity index is 3.02. The van der Waals surface area contributed by atoms with Crippen molar-refractivity contribution in [3.05, 3.63) is 23.0 Å². The Labute approximate surface area is 96.9 Å². The van der Waals surface area contributed by atoms with Crippen LogP contribution in [0.3, 0.4) is 0 Å². The highest BCUT2D eigenvalue weighted by Gasteiger charge is 2.08. The van der Waals surface area contributed by atoms with Crippen LogP contribution in [0.1, 0.15) is 6.92 Å². The maximum Gasteiger partial charge on any atom is 0.240 e. The molecule has 1 aromatic carbocycles. The Morgan fingerprint density at radius 1 is 1.56 bits per heavy atom. The minimum atomic E-state index is -0.706. The Kier molecular flexibility index (Phi) is 4.53. The Bertz CT molecular complexity index is 499. The minimum Gasteiger partial charge on any atom is -0.479 e. The third-order valence-corrected chi connectivity index (χ3v) is 1.94. The third-order valence-electron chi connectivity index (χ3n) is 1.64. The summed E-state index contributed by atoms with van der Waals surface area (Å²) in [5.41, 5.74) is -0.168. The predicted molar refractivity (Wildman–Crippen MR) is 58.1 cm³/mol. The zero-order chi connectivity index (χ0) is 12.0. The molecule has 0 aromatic heterocycles. The molecule has 1 rings (SSSR count). The van der Waals surface area contributed by atoms with Crippen molar-refractivity contribution in [2.75, 3.05) is 6.61 Å². The summed E-state index contributed by atoms with van der Waals surface area (Å²) in [5, 5.41) is 0.0975. The number of aliphatic imine (C=N–C) groups is 1. The first kappa shape index (κ1) is 12.3. The average molecular weight is 240 g/mol. The maximum atomic E-state index is 13.2. The third kappa shape index (κ3) is 3.09. The lowest BCUT2D eigenvalue weighted by molar-refractivity contribution is 0.370. The summed E-state index contributed by atoms with van der Waals surface area (Å²) in [6, 6.07) is 2.24. The summed E-state index contributed by atoms with van der Waals surface area (Å²) in [6.07, 6.45) is 1.25. The SMILES string of the molecule is CC#CCOc1cc(N=C=O)c(F)cc1Cl. The summed E-state index contributed by atoms with van der Waals surface area (Å²) >= 11 is 5.73.